The van der Waals surface area contributed by atoms with Gasteiger partial charge in [0.25, 0.3) is 0 Å². The summed E-state index contributed by atoms with van der Waals surface area (Å²) in [5.41, 5.74) is 0. The molecule has 1 atom stereocenters. The zero-order chi connectivity index (χ0) is 14.7. The fourth-order valence-electron chi connectivity index (χ4n) is 3.11. The minimum absolute atomic E-state index is 0.226. The number of hydrogen-bond acceptors (Lipinski definition) is 4. The fourth-order valence-corrected chi connectivity index (χ4v) is 4.24. The van der Waals surface area contributed by atoms with Gasteiger partial charge in [-0.1, -0.05) is 12.8 Å². The molecule has 0 radical (unpaired) electrons. The number of nitrogens with zero attached hydrogens (tertiary/aromatic N) is 3. The van der Waals surface area contributed by atoms with Gasteiger partial charge in [0.15, 0.2) is 0 Å². The Bertz CT molecular complexity index is 568. The summed E-state index contributed by atoms with van der Waals surface area (Å²) in [6.45, 7) is 6.10. The maximum absolute atomic E-state index is 4.22. The van der Waals surface area contributed by atoms with Crippen molar-refractivity contribution in [3.63, 3.8) is 0 Å². The third kappa shape index (κ3) is 3.35. The van der Waals surface area contributed by atoms with Crippen molar-refractivity contribution >= 4 is 11.3 Å². The number of aryl methyl sites for hydroxylation is 1. The summed E-state index contributed by atoms with van der Waals surface area (Å²) in [5.74, 6) is 1.84. The highest BCUT2D eigenvalue weighted by Gasteiger charge is 2.19. The third-order valence-electron chi connectivity index (χ3n) is 4.40. The predicted octanol–water partition coefficient (Wildman–Crippen LogP) is 3.87. The molecule has 5 heteroatoms. The summed E-state index contributed by atoms with van der Waals surface area (Å²) in [4.78, 5) is 3.00. The normalized spacial score (nSPS) is 17.4. The van der Waals surface area contributed by atoms with E-state index in [1.807, 2.05) is 11.3 Å². The monoisotopic (exact) mass is 304 g/mol. The lowest BCUT2D eigenvalue weighted by atomic mass is 10.1. The van der Waals surface area contributed by atoms with Crippen molar-refractivity contribution in [2.24, 2.45) is 0 Å². The van der Waals surface area contributed by atoms with Crippen molar-refractivity contribution < 1.29 is 0 Å². The van der Waals surface area contributed by atoms with Gasteiger partial charge in [0.1, 0.15) is 12.2 Å². The second-order valence-electron chi connectivity index (χ2n) is 5.86. The SMILES string of the molecule is CCn1cnnc1C(C)NCc1ccc(C2CCCC2)s1. The van der Waals surface area contributed by atoms with E-state index in [1.54, 1.807) is 11.2 Å². The van der Waals surface area contributed by atoms with E-state index in [0.29, 0.717) is 0 Å². The Morgan fingerprint density at radius 2 is 2.19 bits per heavy atom. The Morgan fingerprint density at radius 1 is 1.38 bits per heavy atom. The highest BCUT2D eigenvalue weighted by atomic mass is 32.1. The summed E-state index contributed by atoms with van der Waals surface area (Å²) < 4.78 is 2.09. The van der Waals surface area contributed by atoms with E-state index in [0.717, 1.165) is 24.8 Å². The molecule has 1 N–H and O–H groups in total. The van der Waals surface area contributed by atoms with E-state index in [4.69, 9.17) is 0 Å². The van der Waals surface area contributed by atoms with E-state index in [9.17, 15) is 0 Å². The molecule has 1 unspecified atom stereocenters. The molecule has 1 saturated carbocycles. The van der Waals surface area contributed by atoms with Crippen LogP contribution in [0.5, 0.6) is 0 Å². The first kappa shape index (κ1) is 14.7. The molecule has 1 aliphatic rings. The highest BCUT2D eigenvalue weighted by Crippen LogP contribution is 2.37. The third-order valence-corrected chi connectivity index (χ3v) is 5.64. The molecule has 0 aromatic carbocycles. The van der Waals surface area contributed by atoms with Crippen LogP contribution in [0.1, 0.15) is 67.1 Å². The topological polar surface area (TPSA) is 42.7 Å². The minimum Gasteiger partial charge on any atom is -0.317 e. The lowest BCUT2D eigenvalue weighted by Gasteiger charge is -2.13. The second-order valence-corrected chi connectivity index (χ2v) is 7.06. The van der Waals surface area contributed by atoms with Crippen LogP contribution in [0.25, 0.3) is 0 Å². The summed E-state index contributed by atoms with van der Waals surface area (Å²) in [6.07, 6.45) is 7.36. The van der Waals surface area contributed by atoms with E-state index in [1.165, 1.54) is 30.6 Å². The van der Waals surface area contributed by atoms with Gasteiger partial charge in [0, 0.05) is 22.8 Å². The Balaban J connectivity index is 1.57. The van der Waals surface area contributed by atoms with Crippen molar-refractivity contribution in [1.82, 2.24) is 20.1 Å². The standard InChI is InChI=1S/C16H24N4S/c1-3-20-11-18-19-16(20)12(2)17-10-14-8-9-15(21-14)13-6-4-5-7-13/h8-9,11-13,17H,3-7,10H2,1-2H3. The van der Waals surface area contributed by atoms with Crippen LogP contribution in [0.3, 0.4) is 0 Å². The van der Waals surface area contributed by atoms with Gasteiger partial charge in [-0.05, 0) is 44.7 Å². The molecule has 4 nitrogen and oxygen atoms in total. The van der Waals surface area contributed by atoms with Crippen LogP contribution in [-0.2, 0) is 13.1 Å². The average molecular weight is 304 g/mol. The van der Waals surface area contributed by atoms with Gasteiger partial charge >= 0.3 is 0 Å². The van der Waals surface area contributed by atoms with Crippen LogP contribution < -0.4 is 5.32 Å². The highest BCUT2D eigenvalue weighted by molar-refractivity contribution is 7.12. The van der Waals surface area contributed by atoms with Crippen molar-refractivity contribution in [3.8, 4) is 0 Å². The predicted molar refractivity (Wildman–Crippen MR) is 86.5 cm³/mol. The molecule has 0 bridgehead atoms. The van der Waals surface area contributed by atoms with E-state index >= 15 is 0 Å². The number of nitrogens with one attached hydrogen (secondary N) is 1. The number of aromatic nitrogens is 3. The zero-order valence-corrected chi connectivity index (χ0v) is 13.7. The van der Waals surface area contributed by atoms with Crippen LogP contribution in [0.2, 0.25) is 0 Å². The van der Waals surface area contributed by atoms with Gasteiger partial charge in [0.2, 0.25) is 0 Å². The Morgan fingerprint density at radius 3 is 2.95 bits per heavy atom. The van der Waals surface area contributed by atoms with E-state index in [2.05, 4.69) is 46.1 Å². The van der Waals surface area contributed by atoms with Gasteiger partial charge in [-0.15, -0.1) is 21.5 Å². The van der Waals surface area contributed by atoms with Crippen molar-refractivity contribution in [1.29, 1.82) is 0 Å². The van der Waals surface area contributed by atoms with Crippen LogP contribution >= 0.6 is 11.3 Å². The average Bonchev–Trinajstić information content (AvgIpc) is 3.24. The van der Waals surface area contributed by atoms with Crippen molar-refractivity contribution in [3.05, 3.63) is 34.0 Å². The molecule has 2 heterocycles. The Kier molecular flexibility index (Phi) is 4.70. The number of rotatable bonds is 6. The maximum Gasteiger partial charge on any atom is 0.149 e. The first-order chi connectivity index (χ1) is 10.3. The van der Waals surface area contributed by atoms with Crippen LogP contribution in [-0.4, -0.2) is 14.8 Å². The van der Waals surface area contributed by atoms with E-state index in [-0.39, 0.29) is 6.04 Å². The van der Waals surface area contributed by atoms with Crippen LogP contribution in [0.4, 0.5) is 0 Å². The Labute approximate surface area is 130 Å². The van der Waals surface area contributed by atoms with Crippen LogP contribution in [0.15, 0.2) is 18.5 Å². The molecule has 0 amide bonds. The molecule has 114 valence electrons. The molecular formula is C16H24N4S. The quantitative estimate of drug-likeness (QED) is 0.881. The van der Waals surface area contributed by atoms with E-state index < -0.39 is 0 Å². The molecule has 0 spiro atoms. The molecule has 3 rings (SSSR count). The molecule has 2 aromatic heterocycles. The number of thiophene rings is 1. The zero-order valence-electron chi connectivity index (χ0n) is 12.9. The van der Waals surface area contributed by atoms with Gasteiger partial charge in [-0.2, -0.15) is 0 Å². The smallest absolute Gasteiger partial charge is 0.149 e. The number of hydrogen-bond donors (Lipinski definition) is 1. The minimum atomic E-state index is 0.226. The first-order valence-electron chi connectivity index (χ1n) is 7.97. The summed E-state index contributed by atoms with van der Waals surface area (Å²) >= 11 is 1.97. The molecule has 1 aliphatic carbocycles. The summed E-state index contributed by atoms with van der Waals surface area (Å²) in [5, 5.41) is 11.8. The molecule has 2 aromatic rings. The van der Waals surface area contributed by atoms with Crippen molar-refractivity contribution in [2.75, 3.05) is 0 Å². The van der Waals surface area contributed by atoms with Crippen LogP contribution in [0, 0.1) is 0 Å². The first-order valence-corrected chi connectivity index (χ1v) is 8.79. The maximum atomic E-state index is 4.22. The molecule has 1 fully saturated rings. The molecule has 0 saturated heterocycles. The summed E-state index contributed by atoms with van der Waals surface area (Å²) in [6, 6.07) is 4.84. The molecule has 21 heavy (non-hydrogen) atoms. The Hall–Kier alpha value is -1.20. The molecule has 0 aliphatic heterocycles. The van der Waals surface area contributed by atoms with Gasteiger partial charge in [-0.3, -0.25) is 0 Å². The largest absolute Gasteiger partial charge is 0.317 e. The van der Waals surface area contributed by atoms with Crippen molar-refractivity contribution in [2.45, 2.75) is 64.6 Å². The lowest BCUT2D eigenvalue weighted by molar-refractivity contribution is 0.519. The van der Waals surface area contributed by atoms with Gasteiger partial charge < -0.3 is 9.88 Å². The second kappa shape index (κ2) is 6.71. The van der Waals surface area contributed by atoms with Gasteiger partial charge in [-0.25, -0.2) is 0 Å². The molecular weight excluding hydrogens is 280 g/mol. The van der Waals surface area contributed by atoms with Gasteiger partial charge in [0.05, 0.1) is 6.04 Å². The lowest BCUT2D eigenvalue weighted by Crippen LogP contribution is -2.21. The summed E-state index contributed by atoms with van der Waals surface area (Å²) in [7, 11) is 0. The fraction of sp³-hybridized carbons (Fsp3) is 0.625.